The number of amides is 3. The molecule has 2 aromatic rings. The van der Waals surface area contributed by atoms with Crippen LogP contribution in [0.25, 0.3) is 0 Å². The highest BCUT2D eigenvalue weighted by molar-refractivity contribution is 6.05. The van der Waals surface area contributed by atoms with Gasteiger partial charge in [-0.3, -0.25) is 19.7 Å². The Labute approximate surface area is 191 Å². The van der Waals surface area contributed by atoms with Gasteiger partial charge in [0.1, 0.15) is 18.0 Å². The Bertz CT molecular complexity index is 1080. The Kier molecular flexibility index (Phi) is 5.91. The molecule has 2 unspecified atom stereocenters. The third-order valence-electron chi connectivity index (χ3n) is 6.22. The van der Waals surface area contributed by atoms with E-state index < -0.39 is 11.9 Å². The summed E-state index contributed by atoms with van der Waals surface area (Å²) < 4.78 is 5.88. The van der Waals surface area contributed by atoms with Crippen LogP contribution in [-0.2, 0) is 22.7 Å². The SMILES string of the molecule is O=C1CCC(N2Cc3cc(CNc4ccnc(OC5CCCNC5)n4)ccc3C2=O)C(=O)N1. The first-order chi connectivity index (χ1) is 16.1. The number of piperidine rings is 2. The zero-order valence-corrected chi connectivity index (χ0v) is 18.2. The predicted octanol–water partition coefficient (Wildman–Crippen LogP) is 0.981. The highest BCUT2D eigenvalue weighted by Gasteiger charge is 2.39. The van der Waals surface area contributed by atoms with Gasteiger partial charge in [0.25, 0.3) is 5.91 Å². The number of ether oxygens (including phenoxy) is 1. The van der Waals surface area contributed by atoms with Crippen molar-refractivity contribution >= 4 is 23.5 Å². The first kappa shape index (κ1) is 21.3. The van der Waals surface area contributed by atoms with Crippen molar-refractivity contribution in [1.29, 1.82) is 0 Å². The molecule has 10 heteroatoms. The number of carbonyl (C=O) groups is 3. The van der Waals surface area contributed by atoms with Crippen LogP contribution >= 0.6 is 0 Å². The second-order valence-corrected chi connectivity index (χ2v) is 8.56. The molecule has 3 aliphatic heterocycles. The molecule has 0 spiro atoms. The third-order valence-corrected chi connectivity index (χ3v) is 6.22. The molecular weight excluding hydrogens is 424 g/mol. The van der Waals surface area contributed by atoms with E-state index in [2.05, 4.69) is 25.9 Å². The molecule has 2 fully saturated rings. The normalized spacial score (nSPS) is 22.7. The number of imide groups is 1. The minimum atomic E-state index is -0.608. The van der Waals surface area contributed by atoms with Crippen LogP contribution in [0, 0.1) is 0 Å². The average molecular weight is 450 g/mol. The number of fused-ring (bicyclic) bond motifs is 1. The monoisotopic (exact) mass is 450 g/mol. The molecule has 0 radical (unpaired) electrons. The van der Waals surface area contributed by atoms with Gasteiger partial charge in [0.2, 0.25) is 11.8 Å². The van der Waals surface area contributed by atoms with Gasteiger partial charge in [0, 0.05) is 37.8 Å². The first-order valence-corrected chi connectivity index (χ1v) is 11.3. The fraction of sp³-hybridized carbons (Fsp3) is 0.435. The van der Waals surface area contributed by atoms with Crippen LogP contribution in [0.1, 0.15) is 47.2 Å². The Morgan fingerprint density at radius 2 is 2.09 bits per heavy atom. The molecule has 0 aliphatic carbocycles. The maximum absolute atomic E-state index is 12.8. The lowest BCUT2D eigenvalue weighted by Crippen LogP contribution is -2.52. The summed E-state index contributed by atoms with van der Waals surface area (Å²) in [5.41, 5.74) is 2.46. The minimum Gasteiger partial charge on any atom is -0.459 e. The zero-order valence-electron chi connectivity index (χ0n) is 18.2. The fourth-order valence-corrected chi connectivity index (χ4v) is 4.50. The molecule has 2 atom stereocenters. The van der Waals surface area contributed by atoms with Gasteiger partial charge in [-0.05, 0) is 49.1 Å². The summed E-state index contributed by atoms with van der Waals surface area (Å²) in [4.78, 5) is 46.7. The summed E-state index contributed by atoms with van der Waals surface area (Å²) in [6.07, 6.45) is 4.40. The molecule has 3 aliphatic rings. The predicted molar refractivity (Wildman–Crippen MR) is 118 cm³/mol. The van der Waals surface area contributed by atoms with Crippen molar-refractivity contribution in [3.05, 3.63) is 47.2 Å². The second kappa shape index (κ2) is 9.14. The van der Waals surface area contributed by atoms with E-state index >= 15 is 0 Å². The van der Waals surface area contributed by atoms with Crippen LogP contribution in [0.3, 0.4) is 0 Å². The Balaban J connectivity index is 1.22. The quantitative estimate of drug-likeness (QED) is 0.556. The first-order valence-electron chi connectivity index (χ1n) is 11.3. The molecule has 172 valence electrons. The van der Waals surface area contributed by atoms with Gasteiger partial charge in [-0.15, -0.1) is 0 Å². The Morgan fingerprint density at radius 3 is 2.91 bits per heavy atom. The van der Waals surface area contributed by atoms with E-state index in [9.17, 15) is 14.4 Å². The van der Waals surface area contributed by atoms with E-state index in [0.29, 0.717) is 36.9 Å². The van der Waals surface area contributed by atoms with Crippen LogP contribution in [0.4, 0.5) is 5.82 Å². The lowest BCUT2D eigenvalue weighted by Gasteiger charge is -2.29. The number of anilines is 1. The smallest absolute Gasteiger partial charge is 0.318 e. The van der Waals surface area contributed by atoms with Crippen molar-refractivity contribution in [1.82, 2.24) is 25.5 Å². The number of hydrogen-bond acceptors (Lipinski definition) is 8. The molecule has 0 saturated carbocycles. The molecule has 4 heterocycles. The minimum absolute atomic E-state index is 0.0792. The van der Waals surface area contributed by atoms with Crippen LogP contribution in [0.5, 0.6) is 6.01 Å². The summed E-state index contributed by atoms with van der Waals surface area (Å²) in [5.74, 6) is -0.207. The molecule has 33 heavy (non-hydrogen) atoms. The number of hydrogen-bond donors (Lipinski definition) is 3. The number of nitrogens with zero attached hydrogens (tertiary/aromatic N) is 3. The number of aromatic nitrogens is 2. The van der Waals surface area contributed by atoms with Crippen LogP contribution in [0.2, 0.25) is 0 Å². The van der Waals surface area contributed by atoms with Crippen molar-refractivity contribution < 1.29 is 19.1 Å². The standard InChI is InChI=1S/C23H26N6O4/c30-20-6-5-18(21(31)28-20)29-13-15-10-14(3-4-17(15)22(29)32)11-26-19-7-9-25-23(27-19)33-16-2-1-8-24-12-16/h3-4,7,9-10,16,18,24H,1-2,5-6,8,11-13H2,(H,25,26,27)(H,28,30,31). The van der Waals surface area contributed by atoms with Crippen LogP contribution in [-0.4, -0.2) is 57.8 Å². The van der Waals surface area contributed by atoms with Gasteiger partial charge >= 0.3 is 6.01 Å². The lowest BCUT2D eigenvalue weighted by atomic mass is 10.0. The lowest BCUT2D eigenvalue weighted by molar-refractivity contribution is -0.136. The molecular formula is C23H26N6O4. The van der Waals surface area contributed by atoms with E-state index in [1.807, 2.05) is 12.1 Å². The van der Waals surface area contributed by atoms with Gasteiger partial charge in [0.05, 0.1) is 0 Å². The average Bonchev–Trinajstić information content (AvgIpc) is 3.14. The van der Waals surface area contributed by atoms with Crippen molar-refractivity contribution in [2.45, 2.75) is 50.9 Å². The Morgan fingerprint density at radius 1 is 1.18 bits per heavy atom. The highest BCUT2D eigenvalue weighted by Crippen LogP contribution is 2.28. The summed E-state index contributed by atoms with van der Waals surface area (Å²) in [7, 11) is 0. The topological polar surface area (TPSA) is 126 Å². The van der Waals surface area contributed by atoms with Crippen molar-refractivity contribution in [2.24, 2.45) is 0 Å². The second-order valence-electron chi connectivity index (χ2n) is 8.56. The molecule has 0 bridgehead atoms. The number of rotatable bonds is 6. The molecule has 2 saturated heterocycles. The van der Waals surface area contributed by atoms with Gasteiger partial charge in [-0.1, -0.05) is 12.1 Å². The van der Waals surface area contributed by atoms with E-state index in [1.54, 1.807) is 23.2 Å². The summed E-state index contributed by atoms with van der Waals surface area (Å²) >= 11 is 0. The fourth-order valence-electron chi connectivity index (χ4n) is 4.50. The molecule has 1 aromatic heterocycles. The highest BCUT2D eigenvalue weighted by atomic mass is 16.5. The zero-order chi connectivity index (χ0) is 22.8. The van der Waals surface area contributed by atoms with Crippen molar-refractivity contribution in [3.63, 3.8) is 0 Å². The van der Waals surface area contributed by atoms with E-state index in [1.165, 1.54) is 0 Å². The summed E-state index contributed by atoms with van der Waals surface area (Å²) in [6, 6.07) is 7.19. The van der Waals surface area contributed by atoms with E-state index in [-0.39, 0.29) is 24.3 Å². The van der Waals surface area contributed by atoms with E-state index in [4.69, 9.17) is 4.74 Å². The van der Waals surface area contributed by atoms with Gasteiger partial charge in [-0.2, -0.15) is 4.98 Å². The van der Waals surface area contributed by atoms with Crippen LogP contribution in [0.15, 0.2) is 30.5 Å². The van der Waals surface area contributed by atoms with Crippen LogP contribution < -0.4 is 20.7 Å². The van der Waals surface area contributed by atoms with E-state index in [0.717, 1.165) is 37.1 Å². The van der Waals surface area contributed by atoms with Crippen molar-refractivity contribution in [3.8, 4) is 6.01 Å². The largest absolute Gasteiger partial charge is 0.459 e. The molecule has 1 aromatic carbocycles. The third kappa shape index (κ3) is 4.65. The maximum atomic E-state index is 12.8. The van der Waals surface area contributed by atoms with Gasteiger partial charge in [0.15, 0.2) is 0 Å². The number of nitrogens with one attached hydrogen (secondary N) is 3. The molecule has 10 nitrogen and oxygen atoms in total. The molecule has 3 N–H and O–H groups in total. The molecule has 5 rings (SSSR count). The number of benzene rings is 1. The Hall–Kier alpha value is -3.53. The molecule has 3 amide bonds. The number of carbonyl (C=O) groups excluding carboxylic acids is 3. The van der Waals surface area contributed by atoms with Gasteiger partial charge in [-0.25, -0.2) is 4.98 Å². The summed E-state index contributed by atoms with van der Waals surface area (Å²) in [5, 5.41) is 8.91. The summed E-state index contributed by atoms with van der Waals surface area (Å²) in [6.45, 7) is 2.68. The van der Waals surface area contributed by atoms with Gasteiger partial charge < -0.3 is 20.3 Å². The van der Waals surface area contributed by atoms with Crippen molar-refractivity contribution in [2.75, 3.05) is 18.4 Å². The maximum Gasteiger partial charge on any atom is 0.318 e.